The molecule has 2 atom stereocenters. The molecule has 4 nitrogen and oxygen atoms in total. The molecule has 0 amide bonds. The minimum atomic E-state index is 0.541. The van der Waals surface area contributed by atoms with Crippen LogP contribution in [0.5, 0.6) is 0 Å². The monoisotopic (exact) mass is 223 g/mol. The molecule has 0 aliphatic heterocycles. The summed E-state index contributed by atoms with van der Waals surface area (Å²) in [6.07, 6.45) is 4.36. The third kappa shape index (κ3) is 3.04. The Hall–Kier alpha value is -0.900. The van der Waals surface area contributed by atoms with Crippen LogP contribution < -0.4 is 5.32 Å². The van der Waals surface area contributed by atoms with Gasteiger partial charge in [0, 0.05) is 12.3 Å². The van der Waals surface area contributed by atoms with Crippen LogP contribution in [-0.4, -0.2) is 23.3 Å². The van der Waals surface area contributed by atoms with Gasteiger partial charge in [-0.2, -0.15) is 0 Å². The smallest absolute Gasteiger partial charge is 0.219 e. The minimum Gasteiger partial charge on any atom is -0.425 e. The van der Waals surface area contributed by atoms with Crippen LogP contribution in [0.3, 0.4) is 0 Å². The van der Waals surface area contributed by atoms with Crippen LogP contribution >= 0.6 is 0 Å². The zero-order chi connectivity index (χ0) is 11.4. The zero-order valence-corrected chi connectivity index (χ0v) is 10.2. The van der Waals surface area contributed by atoms with Crippen molar-refractivity contribution in [1.29, 1.82) is 0 Å². The molecule has 0 spiro atoms. The van der Waals surface area contributed by atoms with Gasteiger partial charge in [-0.3, -0.25) is 0 Å². The fourth-order valence-electron chi connectivity index (χ4n) is 1.85. The second-order valence-corrected chi connectivity index (χ2v) is 4.71. The van der Waals surface area contributed by atoms with Crippen LogP contribution in [0.15, 0.2) is 4.42 Å². The Labute approximate surface area is 96.8 Å². The van der Waals surface area contributed by atoms with Crippen molar-refractivity contribution < 1.29 is 4.42 Å². The van der Waals surface area contributed by atoms with E-state index < -0.39 is 0 Å². The number of aryl methyl sites for hydroxylation is 1. The molecule has 16 heavy (non-hydrogen) atoms. The lowest BCUT2D eigenvalue weighted by Crippen LogP contribution is -2.16. The van der Waals surface area contributed by atoms with Gasteiger partial charge >= 0.3 is 0 Å². The summed E-state index contributed by atoms with van der Waals surface area (Å²) in [5.41, 5.74) is 0. The fourth-order valence-corrected chi connectivity index (χ4v) is 1.85. The molecule has 1 aromatic heterocycles. The summed E-state index contributed by atoms with van der Waals surface area (Å²) in [7, 11) is 0. The number of hydrogen-bond donors (Lipinski definition) is 1. The van der Waals surface area contributed by atoms with Crippen molar-refractivity contribution in [3.63, 3.8) is 0 Å². The van der Waals surface area contributed by atoms with E-state index in [0.29, 0.717) is 5.92 Å². The van der Waals surface area contributed by atoms with E-state index >= 15 is 0 Å². The summed E-state index contributed by atoms with van der Waals surface area (Å²) in [5, 5.41) is 11.6. The van der Waals surface area contributed by atoms with Gasteiger partial charge in [0.2, 0.25) is 11.8 Å². The highest BCUT2D eigenvalue weighted by molar-refractivity contribution is 5.04. The molecule has 4 heteroatoms. The van der Waals surface area contributed by atoms with Gasteiger partial charge in [-0.15, -0.1) is 10.2 Å². The number of nitrogens with zero attached hydrogens (tertiary/aromatic N) is 2. The van der Waals surface area contributed by atoms with E-state index in [2.05, 4.69) is 29.4 Å². The van der Waals surface area contributed by atoms with Crippen LogP contribution in [0, 0.1) is 5.92 Å². The number of aromatic nitrogens is 2. The molecule has 0 bridgehead atoms. The molecule has 1 saturated carbocycles. The second-order valence-electron chi connectivity index (χ2n) is 4.71. The van der Waals surface area contributed by atoms with Gasteiger partial charge in [0.05, 0.1) is 0 Å². The minimum absolute atomic E-state index is 0.541. The maximum atomic E-state index is 5.63. The molecule has 1 fully saturated rings. The molecule has 1 aromatic rings. The average Bonchev–Trinajstić information content (AvgIpc) is 2.83. The molecule has 0 saturated heterocycles. The van der Waals surface area contributed by atoms with E-state index in [0.717, 1.165) is 43.6 Å². The molecule has 1 aliphatic rings. The third-order valence-electron chi connectivity index (χ3n) is 3.08. The van der Waals surface area contributed by atoms with Crippen molar-refractivity contribution in [2.75, 3.05) is 13.1 Å². The van der Waals surface area contributed by atoms with Crippen molar-refractivity contribution in [2.45, 2.75) is 45.4 Å². The first-order valence-electron chi connectivity index (χ1n) is 6.34. The highest BCUT2D eigenvalue weighted by Crippen LogP contribution is 2.46. The first-order valence-corrected chi connectivity index (χ1v) is 6.34. The number of hydrogen-bond acceptors (Lipinski definition) is 4. The van der Waals surface area contributed by atoms with Gasteiger partial charge in [0.25, 0.3) is 0 Å². The first-order chi connectivity index (χ1) is 7.81. The molecule has 2 rings (SSSR count). The Bertz CT molecular complexity index is 324. The lowest BCUT2D eigenvalue weighted by Gasteiger charge is -1.99. The van der Waals surface area contributed by atoms with Crippen LogP contribution in [0.2, 0.25) is 0 Å². The lowest BCUT2D eigenvalue weighted by atomic mass is 10.3. The fraction of sp³-hybridized carbons (Fsp3) is 0.833. The molecule has 1 N–H and O–H groups in total. The number of nitrogens with one attached hydrogen (secondary N) is 1. The van der Waals surface area contributed by atoms with Crippen molar-refractivity contribution >= 4 is 0 Å². The summed E-state index contributed by atoms with van der Waals surface area (Å²) >= 11 is 0. The Morgan fingerprint density at radius 2 is 2.19 bits per heavy atom. The van der Waals surface area contributed by atoms with E-state index in [-0.39, 0.29) is 0 Å². The van der Waals surface area contributed by atoms with E-state index in [1.54, 1.807) is 0 Å². The van der Waals surface area contributed by atoms with Gasteiger partial charge in [-0.1, -0.05) is 13.8 Å². The zero-order valence-electron chi connectivity index (χ0n) is 10.2. The molecule has 2 unspecified atom stereocenters. The Kier molecular flexibility index (Phi) is 3.93. The predicted molar refractivity (Wildman–Crippen MR) is 62.3 cm³/mol. The topological polar surface area (TPSA) is 51.0 Å². The third-order valence-corrected chi connectivity index (χ3v) is 3.08. The normalized spacial score (nSPS) is 23.6. The summed E-state index contributed by atoms with van der Waals surface area (Å²) in [6, 6.07) is 0. The predicted octanol–water partition coefficient (Wildman–Crippen LogP) is 2.13. The van der Waals surface area contributed by atoms with Crippen LogP contribution in [-0.2, 0) is 6.42 Å². The van der Waals surface area contributed by atoms with Crippen LogP contribution in [0.1, 0.15) is 50.8 Å². The lowest BCUT2D eigenvalue weighted by molar-refractivity contribution is 0.439. The molecule has 0 aromatic carbocycles. The standard InChI is InChI=1S/C12H21N3O/c1-3-6-13-7-4-5-11-14-15-12(16-11)10-8-9(10)2/h9-10,13H,3-8H2,1-2H3. The van der Waals surface area contributed by atoms with Gasteiger partial charge in [0.15, 0.2) is 0 Å². The first kappa shape index (κ1) is 11.6. The molecule has 1 aliphatic carbocycles. The van der Waals surface area contributed by atoms with E-state index in [1.165, 1.54) is 12.8 Å². The maximum absolute atomic E-state index is 5.63. The Morgan fingerprint density at radius 3 is 2.88 bits per heavy atom. The summed E-state index contributed by atoms with van der Waals surface area (Å²) < 4.78 is 5.63. The Balaban J connectivity index is 1.67. The van der Waals surface area contributed by atoms with Crippen molar-refractivity contribution in [2.24, 2.45) is 5.92 Å². The van der Waals surface area contributed by atoms with Crippen molar-refractivity contribution in [1.82, 2.24) is 15.5 Å². The highest BCUT2D eigenvalue weighted by Gasteiger charge is 2.38. The van der Waals surface area contributed by atoms with Gasteiger partial charge < -0.3 is 9.73 Å². The second kappa shape index (κ2) is 5.43. The van der Waals surface area contributed by atoms with Crippen molar-refractivity contribution in [3.05, 3.63) is 11.8 Å². The van der Waals surface area contributed by atoms with Gasteiger partial charge in [-0.05, 0) is 38.3 Å². The van der Waals surface area contributed by atoms with Gasteiger partial charge in [0.1, 0.15) is 0 Å². The number of rotatable bonds is 7. The van der Waals surface area contributed by atoms with E-state index in [4.69, 9.17) is 4.42 Å². The maximum Gasteiger partial charge on any atom is 0.219 e. The Morgan fingerprint density at radius 1 is 1.38 bits per heavy atom. The quantitative estimate of drug-likeness (QED) is 0.719. The largest absolute Gasteiger partial charge is 0.425 e. The van der Waals surface area contributed by atoms with Crippen LogP contribution in [0.25, 0.3) is 0 Å². The van der Waals surface area contributed by atoms with Crippen molar-refractivity contribution in [3.8, 4) is 0 Å². The van der Waals surface area contributed by atoms with Crippen LogP contribution in [0.4, 0.5) is 0 Å². The summed E-state index contributed by atoms with van der Waals surface area (Å²) in [4.78, 5) is 0. The summed E-state index contributed by atoms with van der Waals surface area (Å²) in [6.45, 7) is 6.53. The molecule has 90 valence electrons. The van der Waals surface area contributed by atoms with E-state index in [9.17, 15) is 0 Å². The SMILES string of the molecule is CCCNCCCc1nnc(C2CC2C)o1. The molecular formula is C12H21N3O. The summed E-state index contributed by atoms with van der Waals surface area (Å²) in [5.74, 6) is 2.93. The highest BCUT2D eigenvalue weighted by atomic mass is 16.4. The average molecular weight is 223 g/mol. The molecule has 1 heterocycles. The van der Waals surface area contributed by atoms with Gasteiger partial charge in [-0.25, -0.2) is 0 Å². The molecule has 0 radical (unpaired) electrons. The van der Waals surface area contributed by atoms with E-state index in [1.807, 2.05) is 0 Å². The molecular weight excluding hydrogens is 202 g/mol.